The Balaban J connectivity index is 0.00000252. The van der Waals surface area contributed by atoms with Crippen LogP contribution in [0.2, 0.25) is 0 Å². The van der Waals surface area contributed by atoms with Crippen LogP contribution in [0.4, 0.5) is 0 Å². The third kappa shape index (κ3) is 82.4. The van der Waals surface area contributed by atoms with E-state index in [0.717, 1.165) is 88.5 Å². The van der Waals surface area contributed by atoms with Crippen molar-refractivity contribution in [3.8, 4) is 0 Å². The predicted octanol–water partition coefficient (Wildman–Crippen LogP) is 34.9. The second-order valence-electron chi connectivity index (χ2n) is 37.1. The summed E-state index contributed by atoms with van der Waals surface area (Å²) in [6.07, 6.45) is 119. The van der Waals surface area contributed by atoms with E-state index in [0.29, 0.717) is 25.7 Å². The summed E-state index contributed by atoms with van der Waals surface area (Å²) >= 11 is 0. The molecule has 740 valence electrons. The number of allylic oxidation sites excluding steroid dienone is 8. The summed E-state index contributed by atoms with van der Waals surface area (Å²) < 4.78 is 92.1. The van der Waals surface area contributed by atoms with Crippen molar-refractivity contribution in [3.05, 3.63) is 107 Å². The minimum Gasteiger partial charge on any atom is -0.744 e. The maximum absolute atomic E-state index is 13.0. The third-order valence-electron chi connectivity index (χ3n) is 25.0. The molecular formula is C112H194CaO14S2. The summed E-state index contributed by atoms with van der Waals surface area (Å²) in [5, 5.41) is 0. The predicted molar refractivity (Wildman–Crippen MR) is 544 cm³/mol. The average Bonchev–Trinajstić information content (AvgIpc) is 0.812. The number of rotatable bonds is 94. The summed E-state index contributed by atoms with van der Waals surface area (Å²) in [6.45, 7) is 9.80. The third-order valence-corrected chi connectivity index (χ3v) is 26.7. The number of ether oxygens (including phenoxy) is 4. The molecule has 0 saturated heterocycles. The second-order valence-corrected chi connectivity index (χ2v) is 39.9. The van der Waals surface area contributed by atoms with Crippen LogP contribution in [0.5, 0.6) is 0 Å². The van der Waals surface area contributed by atoms with Crippen molar-refractivity contribution < 1.29 is 64.1 Å². The molecule has 0 aromatic heterocycles. The van der Waals surface area contributed by atoms with Gasteiger partial charge in [-0.25, -0.2) is 36.0 Å². The minimum atomic E-state index is -4.82. The minimum absolute atomic E-state index is 0. The summed E-state index contributed by atoms with van der Waals surface area (Å²) in [5.74, 6) is -3.07. The number of carbonyl (C=O) groups excluding carboxylic acids is 4. The molecule has 14 nitrogen and oxygen atoms in total. The molecule has 0 aliphatic carbocycles. The molecule has 0 N–H and O–H groups in total. The quantitative estimate of drug-likeness (QED) is 0.0150. The molecule has 129 heavy (non-hydrogen) atoms. The van der Waals surface area contributed by atoms with Crippen molar-refractivity contribution in [1.29, 1.82) is 0 Å². The maximum Gasteiger partial charge on any atom is 2.00 e. The van der Waals surface area contributed by atoms with Crippen LogP contribution < -0.4 is 0 Å². The van der Waals surface area contributed by atoms with Crippen LogP contribution >= 0.6 is 0 Å². The van der Waals surface area contributed by atoms with E-state index >= 15 is 0 Å². The van der Waals surface area contributed by atoms with Crippen LogP contribution in [0.15, 0.2) is 94.8 Å². The van der Waals surface area contributed by atoms with Gasteiger partial charge in [0.15, 0.2) is 0 Å². The molecule has 0 fully saturated rings. The molecule has 0 bridgehead atoms. The first kappa shape index (κ1) is 125. The van der Waals surface area contributed by atoms with E-state index < -0.39 is 53.9 Å². The number of esters is 4. The molecule has 0 aliphatic rings. The zero-order valence-corrected chi connectivity index (χ0v) is 87.6. The van der Waals surface area contributed by atoms with Crippen molar-refractivity contribution in [2.24, 2.45) is 0 Å². The van der Waals surface area contributed by atoms with Crippen molar-refractivity contribution in [2.45, 2.75) is 551 Å². The van der Waals surface area contributed by atoms with Gasteiger partial charge in [0.05, 0.1) is 58.5 Å². The molecule has 0 aliphatic heterocycles. The molecule has 0 unspecified atom stereocenters. The van der Waals surface area contributed by atoms with Gasteiger partial charge in [-0.3, -0.25) is 0 Å². The van der Waals surface area contributed by atoms with E-state index in [2.05, 4.69) is 76.3 Å². The van der Waals surface area contributed by atoms with E-state index in [9.17, 15) is 45.1 Å². The van der Waals surface area contributed by atoms with Gasteiger partial charge in [-0.15, -0.1) is 0 Å². The smallest absolute Gasteiger partial charge is 0.744 e. The number of hydrogen-bond donors (Lipinski definition) is 0. The molecule has 2 aromatic rings. The van der Waals surface area contributed by atoms with E-state index in [4.69, 9.17) is 18.9 Å². The van der Waals surface area contributed by atoms with Gasteiger partial charge in [0.2, 0.25) is 0 Å². The van der Waals surface area contributed by atoms with E-state index in [1.54, 1.807) is 0 Å². The Hall–Kier alpha value is -3.64. The maximum atomic E-state index is 13.0. The van der Waals surface area contributed by atoms with Crippen LogP contribution in [-0.4, -0.2) is 114 Å². The first-order valence-electron chi connectivity index (χ1n) is 54.1. The Kier molecular flexibility index (Phi) is 93.3. The van der Waals surface area contributed by atoms with Gasteiger partial charge < -0.3 is 28.1 Å². The molecule has 17 heteroatoms. The summed E-state index contributed by atoms with van der Waals surface area (Å²) in [5.41, 5.74) is -0.657. The van der Waals surface area contributed by atoms with E-state index in [1.165, 1.54) is 436 Å². The summed E-state index contributed by atoms with van der Waals surface area (Å²) in [4.78, 5) is 50.8. The second kappa shape index (κ2) is 96.1. The van der Waals surface area contributed by atoms with E-state index in [1.807, 2.05) is 0 Å². The molecule has 2 rings (SSSR count). The first-order chi connectivity index (χ1) is 62.6. The Morgan fingerprint density at radius 2 is 0.341 bits per heavy atom. The Morgan fingerprint density at radius 3 is 0.488 bits per heavy atom. The van der Waals surface area contributed by atoms with Crippen LogP contribution in [0.25, 0.3) is 0 Å². The fourth-order valence-corrected chi connectivity index (χ4v) is 17.7. The average molecular weight is 1870 g/mol. The van der Waals surface area contributed by atoms with Crippen LogP contribution in [0, 0.1) is 0 Å². The van der Waals surface area contributed by atoms with Gasteiger partial charge in [0, 0.05) is 0 Å². The summed E-state index contributed by atoms with van der Waals surface area (Å²) in [7, 11) is -9.64. The van der Waals surface area contributed by atoms with Gasteiger partial charge in [0.25, 0.3) is 0 Å². The van der Waals surface area contributed by atoms with Crippen LogP contribution in [0.3, 0.4) is 0 Å². The number of hydrogen-bond acceptors (Lipinski definition) is 14. The molecule has 0 amide bonds. The topological polar surface area (TPSA) is 220 Å². The first-order valence-corrected chi connectivity index (χ1v) is 56.9. The van der Waals surface area contributed by atoms with Crippen molar-refractivity contribution in [3.63, 3.8) is 0 Å². The Labute approximate surface area is 824 Å². The summed E-state index contributed by atoms with van der Waals surface area (Å²) in [6, 6.07) is 6.33. The fourth-order valence-electron chi connectivity index (χ4n) is 16.7. The van der Waals surface area contributed by atoms with Gasteiger partial charge >= 0.3 is 61.6 Å². The van der Waals surface area contributed by atoms with Crippen molar-refractivity contribution >= 4 is 81.9 Å². The van der Waals surface area contributed by atoms with Crippen LogP contribution in [-0.2, 0) is 39.2 Å². The van der Waals surface area contributed by atoms with Gasteiger partial charge in [-0.05, 0) is 165 Å². The van der Waals surface area contributed by atoms with Gasteiger partial charge in [-0.2, -0.15) is 0 Å². The number of carbonyl (C=O) groups is 4. The van der Waals surface area contributed by atoms with Crippen molar-refractivity contribution in [2.75, 3.05) is 26.4 Å². The zero-order valence-electron chi connectivity index (χ0n) is 83.7. The number of unbranched alkanes of at least 4 members (excludes halogenated alkanes) is 72. The molecule has 2 aromatic carbocycles. The largest absolute Gasteiger partial charge is 2.00 e. The Morgan fingerprint density at radius 1 is 0.209 bits per heavy atom. The molecule has 0 spiro atoms. The van der Waals surface area contributed by atoms with Gasteiger partial charge in [0.1, 0.15) is 20.2 Å². The van der Waals surface area contributed by atoms with E-state index in [-0.39, 0.29) is 86.4 Å². The van der Waals surface area contributed by atoms with Crippen molar-refractivity contribution in [1.82, 2.24) is 0 Å². The monoisotopic (exact) mass is 1870 g/mol. The molecular weight excluding hydrogens is 1670 g/mol. The van der Waals surface area contributed by atoms with Gasteiger partial charge in [-0.1, -0.05) is 462 Å². The number of benzene rings is 2. The SMILES string of the molecule is CCCCCC/C=C/CCCCCCCCCCCCCCCCOC(=O)c1ccc(S(=O)(=O)[O-])cc1C(=O)OCCCCCCCCCCCCCCCC/C=C/CCCCCC.CCCCCC/C=C/CCCCCCCCCCCCCCCCOC(=O)c1ccc(S(=O)(=O)[O-])cc1C(=O)OCCCCCCCCCCCCCCCC/C=C/CCCCCC.[Ca+2]. The zero-order chi connectivity index (χ0) is 92.9. The standard InChI is InChI=1S/2C56H98O7S.Ca/c2*1-3-5-7-9-11-13-15-17-19-21-23-25-27-29-31-33-35-37-39-41-43-45-49-62-55(57)53-48-47-52(64(59,60)61)51-54(53)56(58)63-50-46-44-42-40-38-36-34-32-30-28-26-24-22-20-18-16-14-12-10-8-6-4-2;/h2*13-16,47-48,51H,3-12,17-46,49-50H2,1-2H3,(H,59,60,61);/q;;+2/p-2/b2*15-13+,16-14+;. The van der Waals surface area contributed by atoms with Crippen LogP contribution in [0.1, 0.15) is 583 Å². The Bertz CT molecular complexity index is 3020. The molecule has 0 heterocycles. The molecule has 0 saturated carbocycles. The molecule has 0 atom stereocenters. The molecule has 0 radical (unpaired) electrons. The fraction of sp³-hybridized carbons (Fsp3) is 0.786. The normalized spacial score (nSPS) is 11.8.